The Balaban J connectivity index is 1.50. The molecule has 2 aromatic carbocycles. The van der Waals surface area contributed by atoms with Crippen molar-refractivity contribution in [3.05, 3.63) is 59.4 Å². The van der Waals surface area contributed by atoms with Gasteiger partial charge in [-0.2, -0.15) is 5.11 Å². The normalized spacial score (nSPS) is 20.6. The number of carbonyl (C=O) groups is 3. The van der Waals surface area contributed by atoms with Gasteiger partial charge in [0.2, 0.25) is 5.91 Å². The van der Waals surface area contributed by atoms with Gasteiger partial charge in [0.25, 0.3) is 11.8 Å². The summed E-state index contributed by atoms with van der Waals surface area (Å²) in [4.78, 5) is 38.7. The van der Waals surface area contributed by atoms with Gasteiger partial charge in [-0.1, -0.05) is 35.0 Å². The number of anilines is 2. The van der Waals surface area contributed by atoms with Crippen molar-refractivity contribution in [2.24, 2.45) is 10.3 Å². The van der Waals surface area contributed by atoms with Crippen LogP contribution in [0.1, 0.15) is 0 Å². The monoisotopic (exact) mass is 401 g/mol. The maximum absolute atomic E-state index is 13.7. The van der Waals surface area contributed by atoms with E-state index in [1.807, 2.05) is 0 Å². The van der Waals surface area contributed by atoms with Gasteiger partial charge in [0.1, 0.15) is 12.4 Å². The third kappa shape index (κ3) is 3.09. The Bertz CT molecular complexity index is 1010. The zero-order valence-electron chi connectivity index (χ0n) is 14.3. The van der Waals surface area contributed by atoms with Crippen LogP contribution in [0.4, 0.5) is 15.8 Å². The molecule has 28 heavy (non-hydrogen) atoms. The molecule has 0 aromatic heterocycles. The van der Waals surface area contributed by atoms with Crippen LogP contribution >= 0.6 is 11.6 Å². The lowest BCUT2D eigenvalue weighted by molar-refractivity contribution is -0.123. The number of benzene rings is 2. The molecule has 0 radical (unpaired) electrons. The molecule has 0 aliphatic carbocycles. The van der Waals surface area contributed by atoms with Crippen molar-refractivity contribution >= 4 is 40.7 Å². The molecular weight excluding hydrogens is 389 g/mol. The fourth-order valence-corrected chi connectivity index (χ4v) is 3.31. The highest BCUT2D eigenvalue weighted by Crippen LogP contribution is 2.32. The Hall–Kier alpha value is -3.33. The molecule has 0 saturated carbocycles. The van der Waals surface area contributed by atoms with Crippen LogP contribution in [0.25, 0.3) is 0 Å². The predicted octanol–water partition coefficient (Wildman–Crippen LogP) is 2.41. The second-order valence-corrected chi connectivity index (χ2v) is 6.65. The van der Waals surface area contributed by atoms with Crippen LogP contribution in [-0.2, 0) is 14.4 Å². The molecule has 8 nitrogen and oxygen atoms in total. The summed E-state index contributed by atoms with van der Waals surface area (Å²) in [5, 5.41) is 11.5. The molecule has 10 heteroatoms. The lowest BCUT2D eigenvalue weighted by Gasteiger charge is -2.20. The number of fused-ring (bicyclic) bond motifs is 1. The fourth-order valence-electron chi connectivity index (χ4n) is 3.12. The zero-order chi connectivity index (χ0) is 19.8. The second kappa shape index (κ2) is 7.01. The highest BCUT2D eigenvalue weighted by molar-refractivity contribution is 6.31. The van der Waals surface area contributed by atoms with Crippen LogP contribution in [0, 0.1) is 5.82 Å². The SMILES string of the molecule is O=C(CN1N=N[C@@H]2C(=O)N(c3cccc(Cl)c3)C(=O)[C@@H]21)Nc1ccccc1F. The van der Waals surface area contributed by atoms with E-state index in [4.69, 9.17) is 11.6 Å². The molecule has 3 amide bonds. The van der Waals surface area contributed by atoms with E-state index in [0.29, 0.717) is 10.7 Å². The standard InChI is InChI=1S/C18H13ClFN5O3/c19-10-4-3-5-11(8-10)25-17(27)15-16(18(25)28)24(23-22-15)9-14(26)21-13-7-2-1-6-12(13)20/h1-8,15-16H,9H2,(H,21,26)/t15-,16+/m0/s1. The van der Waals surface area contributed by atoms with Gasteiger partial charge in [0, 0.05) is 5.02 Å². The smallest absolute Gasteiger partial charge is 0.263 e. The molecule has 2 atom stereocenters. The maximum atomic E-state index is 13.7. The van der Waals surface area contributed by atoms with Crippen molar-refractivity contribution in [1.29, 1.82) is 0 Å². The molecular formula is C18H13ClFN5O3. The fraction of sp³-hybridized carbons (Fsp3) is 0.167. The quantitative estimate of drug-likeness (QED) is 0.796. The third-order valence-corrected chi connectivity index (χ3v) is 4.61. The molecule has 1 fully saturated rings. The summed E-state index contributed by atoms with van der Waals surface area (Å²) in [7, 11) is 0. The average molecular weight is 402 g/mol. The van der Waals surface area contributed by atoms with Gasteiger partial charge in [-0.3, -0.25) is 19.4 Å². The van der Waals surface area contributed by atoms with E-state index in [0.717, 1.165) is 9.91 Å². The molecule has 2 aliphatic heterocycles. The molecule has 0 unspecified atom stereocenters. The Morgan fingerprint density at radius 1 is 1.14 bits per heavy atom. The Labute approximate surface area is 163 Å². The largest absolute Gasteiger partial charge is 0.322 e. The van der Waals surface area contributed by atoms with E-state index in [-0.39, 0.29) is 12.2 Å². The van der Waals surface area contributed by atoms with Crippen LogP contribution < -0.4 is 10.2 Å². The number of nitrogens with one attached hydrogen (secondary N) is 1. The van der Waals surface area contributed by atoms with Crippen molar-refractivity contribution < 1.29 is 18.8 Å². The Morgan fingerprint density at radius 3 is 2.68 bits per heavy atom. The average Bonchev–Trinajstić information content (AvgIpc) is 3.17. The molecule has 0 bridgehead atoms. The van der Waals surface area contributed by atoms with E-state index in [9.17, 15) is 18.8 Å². The Morgan fingerprint density at radius 2 is 1.93 bits per heavy atom. The highest BCUT2D eigenvalue weighted by atomic mass is 35.5. The number of hydrogen-bond donors (Lipinski definition) is 1. The summed E-state index contributed by atoms with van der Waals surface area (Å²) in [6.07, 6.45) is 0. The first-order valence-corrected chi connectivity index (χ1v) is 8.68. The number of halogens is 2. The first kappa shape index (κ1) is 18.1. The number of rotatable bonds is 4. The van der Waals surface area contributed by atoms with Crippen molar-refractivity contribution in [3.8, 4) is 0 Å². The lowest BCUT2D eigenvalue weighted by Crippen LogP contribution is -2.43. The molecule has 4 rings (SSSR count). The second-order valence-electron chi connectivity index (χ2n) is 6.21. The maximum Gasteiger partial charge on any atom is 0.263 e. The molecule has 1 N–H and O–H groups in total. The number of imide groups is 1. The summed E-state index contributed by atoms with van der Waals surface area (Å²) in [5.41, 5.74) is 0.331. The lowest BCUT2D eigenvalue weighted by atomic mass is 10.1. The van der Waals surface area contributed by atoms with E-state index >= 15 is 0 Å². The van der Waals surface area contributed by atoms with Crippen molar-refractivity contribution in [1.82, 2.24) is 5.01 Å². The minimum Gasteiger partial charge on any atom is -0.322 e. The van der Waals surface area contributed by atoms with Gasteiger partial charge in [0.05, 0.1) is 11.4 Å². The number of amides is 3. The van der Waals surface area contributed by atoms with Crippen molar-refractivity contribution in [3.63, 3.8) is 0 Å². The first-order chi connectivity index (χ1) is 13.5. The van der Waals surface area contributed by atoms with E-state index in [1.165, 1.54) is 24.3 Å². The topological polar surface area (TPSA) is 94.4 Å². The summed E-state index contributed by atoms with van der Waals surface area (Å²) in [5.74, 6) is -2.28. The zero-order valence-corrected chi connectivity index (χ0v) is 15.0. The predicted molar refractivity (Wildman–Crippen MR) is 98.1 cm³/mol. The van der Waals surface area contributed by atoms with Crippen molar-refractivity contribution in [2.45, 2.75) is 12.1 Å². The number of hydrogen-bond acceptors (Lipinski definition) is 6. The molecule has 142 valence electrons. The van der Waals surface area contributed by atoms with Gasteiger partial charge < -0.3 is 5.32 Å². The summed E-state index contributed by atoms with van der Waals surface area (Å²) in [6, 6.07) is 9.94. The van der Waals surface area contributed by atoms with E-state index < -0.39 is 35.6 Å². The molecule has 1 saturated heterocycles. The molecule has 2 aromatic rings. The van der Waals surface area contributed by atoms with Crippen LogP contribution in [0.2, 0.25) is 5.02 Å². The van der Waals surface area contributed by atoms with Gasteiger partial charge in [-0.05, 0) is 30.3 Å². The van der Waals surface area contributed by atoms with Crippen LogP contribution in [0.5, 0.6) is 0 Å². The minimum atomic E-state index is -1.03. The van der Waals surface area contributed by atoms with Gasteiger partial charge in [-0.25, -0.2) is 9.29 Å². The highest BCUT2D eigenvalue weighted by Gasteiger charge is 2.55. The third-order valence-electron chi connectivity index (χ3n) is 4.38. The van der Waals surface area contributed by atoms with Crippen molar-refractivity contribution in [2.75, 3.05) is 16.8 Å². The van der Waals surface area contributed by atoms with Gasteiger partial charge in [0.15, 0.2) is 12.1 Å². The first-order valence-electron chi connectivity index (χ1n) is 8.31. The number of nitrogens with zero attached hydrogens (tertiary/aromatic N) is 4. The van der Waals surface area contributed by atoms with E-state index in [2.05, 4.69) is 15.7 Å². The summed E-state index contributed by atoms with van der Waals surface area (Å²) < 4.78 is 13.7. The minimum absolute atomic E-state index is 0.00886. The summed E-state index contributed by atoms with van der Waals surface area (Å²) in [6.45, 7) is -0.360. The van der Waals surface area contributed by atoms with E-state index in [1.54, 1.807) is 24.3 Å². The number of carbonyl (C=O) groups excluding carboxylic acids is 3. The Kier molecular flexibility index (Phi) is 4.52. The number of para-hydroxylation sites is 1. The van der Waals surface area contributed by atoms with Gasteiger partial charge in [-0.15, -0.1) is 0 Å². The van der Waals surface area contributed by atoms with Gasteiger partial charge >= 0.3 is 0 Å². The van der Waals surface area contributed by atoms with Crippen LogP contribution in [0.3, 0.4) is 0 Å². The molecule has 0 spiro atoms. The van der Waals surface area contributed by atoms with Crippen LogP contribution in [0.15, 0.2) is 58.9 Å². The molecule has 2 heterocycles. The van der Waals surface area contributed by atoms with Crippen LogP contribution in [-0.4, -0.2) is 41.4 Å². The summed E-state index contributed by atoms with van der Waals surface area (Å²) >= 11 is 5.94. The molecule has 2 aliphatic rings.